The number of rotatable bonds is 6. The number of carbonyl (C=O) groups is 2. The van der Waals surface area contributed by atoms with Crippen LogP contribution in [0, 0.1) is 10.1 Å². The first-order chi connectivity index (χ1) is 9.31. The molecule has 0 aliphatic rings. The van der Waals surface area contributed by atoms with Gasteiger partial charge in [-0.2, -0.15) is 0 Å². The minimum Gasteiger partial charge on any atom is -0.279 e. The number of hydrogen-bond donors (Lipinski definition) is 0. The summed E-state index contributed by atoms with van der Waals surface area (Å²) in [6.07, 6.45) is 0.838. The minimum absolute atomic E-state index is 0.206. The van der Waals surface area contributed by atoms with E-state index in [1.807, 2.05) is 0 Å². The van der Waals surface area contributed by atoms with Gasteiger partial charge in [0.2, 0.25) is 5.24 Å². The number of nitro benzene ring substituents is 1. The zero-order valence-corrected chi connectivity index (χ0v) is 12.6. The number of halogens is 3. The molecule has 5 nitrogen and oxygen atoms in total. The maximum atomic E-state index is 11.3. The number of hydrogen-bond acceptors (Lipinski definition) is 4. The van der Waals surface area contributed by atoms with Crippen molar-refractivity contribution in [3.05, 3.63) is 38.9 Å². The number of nitro groups is 1. The first-order valence-corrected chi connectivity index (χ1v) is 6.83. The molecule has 0 spiro atoms. The third-order valence-corrected chi connectivity index (χ3v) is 3.65. The summed E-state index contributed by atoms with van der Waals surface area (Å²) in [5.74, 6) is 0. The van der Waals surface area contributed by atoms with Gasteiger partial charge in [0, 0.05) is 5.56 Å². The van der Waals surface area contributed by atoms with Gasteiger partial charge in [-0.05, 0) is 41.3 Å². The molecule has 108 valence electrons. The summed E-state index contributed by atoms with van der Waals surface area (Å²) in [6, 6.07) is 2.54. The summed E-state index contributed by atoms with van der Waals surface area (Å²) in [4.78, 5) is 32.9. The van der Waals surface area contributed by atoms with Crippen molar-refractivity contribution in [2.24, 2.45) is 0 Å². The Bertz CT molecular complexity index is 574. The molecule has 0 saturated heterocycles. The predicted octanol–water partition coefficient (Wildman–Crippen LogP) is 3.97. The van der Waals surface area contributed by atoms with Crippen molar-refractivity contribution in [1.29, 1.82) is 0 Å². The fraction of sp³-hybridized carbons (Fsp3) is 0.333. The van der Waals surface area contributed by atoms with Gasteiger partial charge in [0.1, 0.15) is 10.9 Å². The Kier molecular flexibility index (Phi) is 5.92. The third-order valence-electron chi connectivity index (χ3n) is 2.69. The monoisotopic (exact) mass is 337 g/mol. The molecule has 1 atom stereocenters. The SMILES string of the molecule is CCCc1c(C(Cl)C(=O)Cl)ccc(C(=O)Cl)c1[N+](=O)[O-]. The highest BCUT2D eigenvalue weighted by atomic mass is 35.5. The van der Waals surface area contributed by atoms with Gasteiger partial charge in [0.25, 0.3) is 10.9 Å². The van der Waals surface area contributed by atoms with Crippen LogP contribution < -0.4 is 0 Å². The van der Waals surface area contributed by atoms with E-state index in [2.05, 4.69) is 0 Å². The van der Waals surface area contributed by atoms with Gasteiger partial charge in [0.05, 0.1) is 4.92 Å². The summed E-state index contributed by atoms with van der Waals surface area (Å²) >= 11 is 16.6. The molecule has 1 aromatic carbocycles. The first-order valence-electron chi connectivity index (χ1n) is 5.64. The molecule has 0 heterocycles. The van der Waals surface area contributed by atoms with E-state index in [1.54, 1.807) is 6.92 Å². The van der Waals surface area contributed by atoms with Crippen LogP contribution in [0.5, 0.6) is 0 Å². The summed E-state index contributed by atoms with van der Waals surface area (Å²) in [5.41, 5.74) is -0.220. The summed E-state index contributed by atoms with van der Waals surface area (Å²) in [5, 5.41) is 8.20. The van der Waals surface area contributed by atoms with Crippen LogP contribution in [-0.2, 0) is 11.2 Å². The second kappa shape index (κ2) is 7.02. The molecule has 0 aromatic heterocycles. The van der Waals surface area contributed by atoms with Crippen molar-refractivity contribution in [2.45, 2.75) is 25.1 Å². The lowest BCUT2D eigenvalue weighted by Crippen LogP contribution is -2.10. The molecule has 1 unspecified atom stereocenters. The molecule has 0 N–H and O–H groups in total. The van der Waals surface area contributed by atoms with Crippen LogP contribution in [0.4, 0.5) is 5.69 Å². The number of benzene rings is 1. The van der Waals surface area contributed by atoms with Gasteiger partial charge in [-0.15, -0.1) is 11.6 Å². The molecule has 0 radical (unpaired) electrons. The van der Waals surface area contributed by atoms with E-state index in [1.165, 1.54) is 12.1 Å². The molecule has 0 amide bonds. The van der Waals surface area contributed by atoms with E-state index in [4.69, 9.17) is 34.8 Å². The summed E-state index contributed by atoms with van der Waals surface area (Å²) in [7, 11) is 0. The highest BCUT2D eigenvalue weighted by Crippen LogP contribution is 2.35. The lowest BCUT2D eigenvalue weighted by atomic mass is 9.95. The lowest BCUT2D eigenvalue weighted by molar-refractivity contribution is -0.385. The van der Waals surface area contributed by atoms with Crippen molar-refractivity contribution < 1.29 is 14.5 Å². The Morgan fingerprint density at radius 1 is 1.35 bits per heavy atom. The number of nitrogens with zero attached hydrogens (tertiary/aromatic N) is 1. The highest BCUT2D eigenvalue weighted by molar-refractivity contribution is 6.69. The second-order valence-corrected chi connectivity index (χ2v) is 5.13. The van der Waals surface area contributed by atoms with Gasteiger partial charge < -0.3 is 0 Å². The standard InChI is InChI=1S/C12H10Cl3NO4/c1-2-3-7-6(9(13)12(15)18)4-5-8(11(14)17)10(7)16(19)20/h4-5,9H,2-3H2,1H3. The van der Waals surface area contributed by atoms with Gasteiger partial charge in [-0.3, -0.25) is 19.7 Å². The molecule has 0 aliphatic carbocycles. The first kappa shape index (κ1) is 16.9. The maximum absolute atomic E-state index is 11.3. The molecule has 0 aliphatic heterocycles. The number of alkyl halides is 1. The third kappa shape index (κ3) is 3.48. The molecule has 1 aromatic rings. The summed E-state index contributed by atoms with van der Waals surface area (Å²) < 4.78 is 0. The molecular formula is C12H10Cl3NO4. The van der Waals surface area contributed by atoms with Crippen LogP contribution in [0.1, 0.15) is 40.2 Å². The van der Waals surface area contributed by atoms with Crippen LogP contribution >= 0.6 is 34.8 Å². The van der Waals surface area contributed by atoms with Crippen LogP contribution in [0.15, 0.2) is 12.1 Å². The van der Waals surface area contributed by atoms with E-state index >= 15 is 0 Å². The van der Waals surface area contributed by atoms with Crippen molar-refractivity contribution in [1.82, 2.24) is 0 Å². The molecule has 20 heavy (non-hydrogen) atoms. The second-order valence-electron chi connectivity index (χ2n) is 3.98. The van der Waals surface area contributed by atoms with Crippen molar-refractivity contribution >= 4 is 51.0 Å². The van der Waals surface area contributed by atoms with Crippen molar-refractivity contribution in [3.63, 3.8) is 0 Å². The molecule has 8 heteroatoms. The topological polar surface area (TPSA) is 77.3 Å². The summed E-state index contributed by atoms with van der Waals surface area (Å²) in [6.45, 7) is 1.80. The molecule has 1 rings (SSSR count). The quantitative estimate of drug-likeness (QED) is 0.340. The van der Waals surface area contributed by atoms with Gasteiger partial charge in [-0.1, -0.05) is 19.4 Å². The Hall–Kier alpha value is -1.17. The largest absolute Gasteiger partial charge is 0.284 e. The predicted molar refractivity (Wildman–Crippen MR) is 76.7 cm³/mol. The van der Waals surface area contributed by atoms with Gasteiger partial charge in [0.15, 0.2) is 0 Å². The molecular weight excluding hydrogens is 328 g/mol. The van der Waals surface area contributed by atoms with Crippen LogP contribution in [0.2, 0.25) is 0 Å². The molecule has 0 fully saturated rings. The average Bonchev–Trinajstić information content (AvgIpc) is 2.37. The minimum atomic E-state index is -1.21. The Labute approximate surface area is 130 Å². The molecule has 0 bridgehead atoms. The van der Waals surface area contributed by atoms with E-state index in [9.17, 15) is 19.7 Å². The van der Waals surface area contributed by atoms with E-state index in [-0.39, 0.29) is 23.1 Å². The van der Waals surface area contributed by atoms with E-state index < -0.39 is 26.5 Å². The fourth-order valence-corrected chi connectivity index (χ4v) is 2.37. The van der Waals surface area contributed by atoms with Crippen LogP contribution in [0.3, 0.4) is 0 Å². The number of carbonyl (C=O) groups excluding carboxylic acids is 2. The normalized spacial score (nSPS) is 12.0. The Balaban J connectivity index is 3.64. The zero-order valence-electron chi connectivity index (χ0n) is 10.4. The van der Waals surface area contributed by atoms with Gasteiger partial charge in [-0.25, -0.2) is 0 Å². The van der Waals surface area contributed by atoms with E-state index in [0.29, 0.717) is 6.42 Å². The lowest BCUT2D eigenvalue weighted by Gasteiger charge is -2.13. The Morgan fingerprint density at radius 3 is 2.35 bits per heavy atom. The van der Waals surface area contributed by atoms with Crippen molar-refractivity contribution in [3.8, 4) is 0 Å². The fourth-order valence-electron chi connectivity index (χ4n) is 1.89. The highest BCUT2D eigenvalue weighted by Gasteiger charge is 2.29. The molecule has 0 saturated carbocycles. The van der Waals surface area contributed by atoms with Crippen LogP contribution in [-0.4, -0.2) is 15.4 Å². The van der Waals surface area contributed by atoms with E-state index in [0.717, 1.165) is 0 Å². The zero-order chi connectivity index (χ0) is 15.4. The van der Waals surface area contributed by atoms with Gasteiger partial charge >= 0.3 is 0 Å². The van der Waals surface area contributed by atoms with Crippen LogP contribution in [0.25, 0.3) is 0 Å². The smallest absolute Gasteiger partial charge is 0.279 e. The van der Waals surface area contributed by atoms with Crippen molar-refractivity contribution in [2.75, 3.05) is 0 Å². The maximum Gasteiger partial charge on any atom is 0.284 e. The average molecular weight is 339 g/mol. The Morgan fingerprint density at radius 2 is 1.95 bits per heavy atom.